The van der Waals surface area contributed by atoms with E-state index >= 15 is 0 Å². The van der Waals surface area contributed by atoms with Crippen molar-refractivity contribution in [3.05, 3.63) is 35.4 Å². The summed E-state index contributed by atoms with van der Waals surface area (Å²) in [7, 11) is 2.11. The van der Waals surface area contributed by atoms with Gasteiger partial charge >= 0.3 is 0 Å². The van der Waals surface area contributed by atoms with Crippen LogP contribution in [-0.2, 0) is 0 Å². The van der Waals surface area contributed by atoms with Gasteiger partial charge in [0, 0.05) is 6.04 Å². The van der Waals surface area contributed by atoms with Gasteiger partial charge in [0.1, 0.15) is 0 Å². The first-order valence-electron chi connectivity index (χ1n) is 7.63. The van der Waals surface area contributed by atoms with E-state index in [-0.39, 0.29) is 0 Å². The molecule has 18 heavy (non-hydrogen) atoms. The molecule has 0 aliphatic heterocycles. The molecule has 1 nitrogen and oxygen atoms in total. The monoisotopic (exact) mass is 245 g/mol. The lowest BCUT2D eigenvalue weighted by Gasteiger charge is -2.30. The van der Waals surface area contributed by atoms with Gasteiger partial charge in [-0.05, 0) is 43.4 Å². The van der Waals surface area contributed by atoms with Crippen LogP contribution in [0.3, 0.4) is 0 Å². The third kappa shape index (κ3) is 3.14. The fourth-order valence-electron chi connectivity index (χ4n) is 2.97. The van der Waals surface area contributed by atoms with E-state index in [0.29, 0.717) is 6.04 Å². The van der Waals surface area contributed by atoms with E-state index in [0.717, 1.165) is 5.92 Å². The van der Waals surface area contributed by atoms with E-state index in [1.165, 1.54) is 44.9 Å². The van der Waals surface area contributed by atoms with Crippen molar-refractivity contribution in [2.24, 2.45) is 0 Å². The van der Waals surface area contributed by atoms with Crippen LogP contribution in [0.1, 0.15) is 75.0 Å². The molecule has 1 unspecified atom stereocenters. The minimum absolute atomic E-state index is 0.549. The van der Waals surface area contributed by atoms with Gasteiger partial charge in [-0.25, -0.2) is 0 Å². The Morgan fingerprint density at radius 3 is 2.61 bits per heavy atom. The Labute approximate surface area is 112 Å². The summed E-state index contributed by atoms with van der Waals surface area (Å²) >= 11 is 0. The number of benzene rings is 1. The number of unbranched alkanes of at least 4 members (excludes halogenated alkanes) is 2. The van der Waals surface area contributed by atoms with Crippen molar-refractivity contribution in [2.45, 2.75) is 63.8 Å². The van der Waals surface area contributed by atoms with Crippen LogP contribution in [0.5, 0.6) is 0 Å². The molecule has 1 aromatic carbocycles. The van der Waals surface area contributed by atoms with E-state index < -0.39 is 0 Å². The predicted octanol–water partition coefficient (Wildman–Crippen LogP) is 4.79. The highest BCUT2D eigenvalue weighted by Crippen LogP contribution is 2.40. The Balaban J connectivity index is 2.08. The first-order chi connectivity index (χ1) is 8.86. The molecule has 1 heteroatoms. The summed E-state index contributed by atoms with van der Waals surface area (Å²) in [5.41, 5.74) is 3.17. The molecule has 0 radical (unpaired) electrons. The quantitative estimate of drug-likeness (QED) is 0.681. The van der Waals surface area contributed by atoms with Crippen molar-refractivity contribution in [3.8, 4) is 0 Å². The second kappa shape index (κ2) is 6.94. The van der Waals surface area contributed by atoms with E-state index in [1.54, 1.807) is 11.1 Å². The first kappa shape index (κ1) is 13.6. The molecular formula is C17H27N. The van der Waals surface area contributed by atoms with E-state index in [4.69, 9.17) is 0 Å². The van der Waals surface area contributed by atoms with Gasteiger partial charge in [0.15, 0.2) is 0 Å². The van der Waals surface area contributed by atoms with Gasteiger partial charge < -0.3 is 5.32 Å². The van der Waals surface area contributed by atoms with Crippen molar-refractivity contribution in [1.82, 2.24) is 5.32 Å². The highest BCUT2D eigenvalue weighted by atomic mass is 14.9. The Kier molecular flexibility index (Phi) is 5.25. The van der Waals surface area contributed by atoms with Crippen LogP contribution >= 0.6 is 0 Å². The molecule has 0 bridgehead atoms. The van der Waals surface area contributed by atoms with E-state index in [2.05, 4.69) is 43.6 Å². The molecule has 0 heterocycles. The lowest BCUT2D eigenvalue weighted by atomic mass is 9.77. The van der Waals surface area contributed by atoms with Crippen LogP contribution in [0.4, 0.5) is 0 Å². The van der Waals surface area contributed by atoms with Gasteiger partial charge in [-0.1, -0.05) is 56.9 Å². The Morgan fingerprint density at radius 1 is 1.22 bits per heavy atom. The fraction of sp³-hybridized carbons (Fsp3) is 0.647. The third-order valence-corrected chi connectivity index (χ3v) is 4.36. The van der Waals surface area contributed by atoms with E-state index in [9.17, 15) is 0 Å². The van der Waals surface area contributed by atoms with Crippen LogP contribution < -0.4 is 5.32 Å². The molecule has 1 saturated carbocycles. The second-order valence-electron chi connectivity index (χ2n) is 5.59. The highest BCUT2D eigenvalue weighted by Gasteiger charge is 2.24. The molecule has 100 valence electrons. The summed E-state index contributed by atoms with van der Waals surface area (Å²) in [6, 6.07) is 9.63. The van der Waals surface area contributed by atoms with Crippen molar-refractivity contribution in [1.29, 1.82) is 0 Å². The zero-order valence-electron chi connectivity index (χ0n) is 11.9. The number of nitrogens with one attached hydrogen (secondary N) is 1. The Morgan fingerprint density at radius 2 is 2.00 bits per heavy atom. The zero-order chi connectivity index (χ0) is 12.8. The maximum absolute atomic E-state index is 3.52. The van der Waals surface area contributed by atoms with Crippen LogP contribution in [0, 0.1) is 0 Å². The number of hydrogen-bond acceptors (Lipinski definition) is 1. The highest BCUT2D eigenvalue weighted by molar-refractivity contribution is 5.34. The summed E-state index contributed by atoms with van der Waals surface area (Å²) in [6.07, 6.45) is 9.46. The van der Waals surface area contributed by atoms with Gasteiger partial charge in [0.25, 0.3) is 0 Å². The standard InChI is InChI=1S/C17H27N/c1-3-4-5-13-17(18-2)16-12-7-6-11-15(16)14-9-8-10-14/h6-7,11-12,14,17-18H,3-5,8-10,13H2,1-2H3. The van der Waals surface area contributed by atoms with Gasteiger partial charge in [0.2, 0.25) is 0 Å². The Bertz CT molecular complexity index is 354. The minimum atomic E-state index is 0.549. The molecule has 1 aliphatic rings. The fourth-order valence-corrected chi connectivity index (χ4v) is 2.97. The van der Waals surface area contributed by atoms with Crippen LogP contribution in [0.25, 0.3) is 0 Å². The predicted molar refractivity (Wildman–Crippen MR) is 79.0 cm³/mol. The summed E-state index contributed by atoms with van der Waals surface area (Å²) < 4.78 is 0. The van der Waals surface area contributed by atoms with E-state index in [1.807, 2.05) is 0 Å². The topological polar surface area (TPSA) is 12.0 Å². The van der Waals surface area contributed by atoms with Crippen LogP contribution in [-0.4, -0.2) is 7.05 Å². The normalized spacial score (nSPS) is 17.4. The summed E-state index contributed by atoms with van der Waals surface area (Å²) in [6.45, 7) is 2.27. The summed E-state index contributed by atoms with van der Waals surface area (Å²) in [4.78, 5) is 0. The van der Waals surface area contributed by atoms with Gasteiger partial charge in [-0.15, -0.1) is 0 Å². The Hall–Kier alpha value is -0.820. The minimum Gasteiger partial charge on any atom is -0.313 e. The molecule has 1 aromatic rings. The third-order valence-electron chi connectivity index (χ3n) is 4.36. The maximum atomic E-state index is 3.52. The summed E-state index contributed by atoms with van der Waals surface area (Å²) in [5.74, 6) is 0.836. The molecule has 0 spiro atoms. The first-order valence-corrected chi connectivity index (χ1v) is 7.63. The van der Waals surface area contributed by atoms with Crippen molar-refractivity contribution in [3.63, 3.8) is 0 Å². The molecule has 1 aliphatic carbocycles. The van der Waals surface area contributed by atoms with Crippen molar-refractivity contribution < 1.29 is 0 Å². The average Bonchev–Trinajstić information content (AvgIpc) is 2.34. The molecule has 1 atom stereocenters. The number of rotatable bonds is 7. The summed E-state index contributed by atoms with van der Waals surface area (Å²) in [5, 5.41) is 3.52. The van der Waals surface area contributed by atoms with Crippen LogP contribution in [0.2, 0.25) is 0 Å². The van der Waals surface area contributed by atoms with Gasteiger partial charge in [-0.2, -0.15) is 0 Å². The smallest absolute Gasteiger partial charge is 0.0320 e. The largest absolute Gasteiger partial charge is 0.313 e. The van der Waals surface area contributed by atoms with Crippen molar-refractivity contribution in [2.75, 3.05) is 7.05 Å². The SMILES string of the molecule is CCCCCC(NC)c1ccccc1C1CCC1. The molecule has 0 aromatic heterocycles. The maximum Gasteiger partial charge on any atom is 0.0320 e. The van der Waals surface area contributed by atoms with Gasteiger partial charge in [0.05, 0.1) is 0 Å². The second-order valence-corrected chi connectivity index (χ2v) is 5.59. The zero-order valence-corrected chi connectivity index (χ0v) is 11.9. The molecule has 1 N–H and O–H groups in total. The molecule has 1 fully saturated rings. The molecule has 0 amide bonds. The molecular weight excluding hydrogens is 218 g/mol. The van der Waals surface area contributed by atoms with Gasteiger partial charge in [-0.3, -0.25) is 0 Å². The van der Waals surface area contributed by atoms with Crippen molar-refractivity contribution >= 4 is 0 Å². The lowest BCUT2D eigenvalue weighted by molar-refractivity contribution is 0.409. The number of hydrogen-bond donors (Lipinski definition) is 1. The molecule has 0 saturated heterocycles. The van der Waals surface area contributed by atoms with Crippen LogP contribution in [0.15, 0.2) is 24.3 Å². The average molecular weight is 245 g/mol. The molecule has 2 rings (SSSR count). The lowest BCUT2D eigenvalue weighted by Crippen LogP contribution is -2.20.